The van der Waals surface area contributed by atoms with E-state index in [-0.39, 0.29) is 11.5 Å². The van der Waals surface area contributed by atoms with Crippen molar-refractivity contribution in [2.24, 2.45) is 5.92 Å². The normalized spacial score (nSPS) is 12.6. The first-order valence-electron chi connectivity index (χ1n) is 6.55. The van der Waals surface area contributed by atoms with Crippen LogP contribution in [0.4, 0.5) is 0 Å². The van der Waals surface area contributed by atoms with Gasteiger partial charge < -0.3 is 13.9 Å². The summed E-state index contributed by atoms with van der Waals surface area (Å²) < 4.78 is 14.6. The monoisotopic (exact) mass is 292 g/mol. The van der Waals surface area contributed by atoms with Crippen molar-refractivity contribution in [2.45, 2.75) is 19.8 Å². The second kappa shape index (κ2) is 8.09. The molecule has 0 spiro atoms. The van der Waals surface area contributed by atoms with Gasteiger partial charge in [0.1, 0.15) is 5.76 Å². The van der Waals surface area contributed by atoms with Crippen molar-refractivity contribution in [2.75, 3.05) is 14.2 Å². The summed E-state index contributed by atoms with van der Waals surface area (Å²) >= 11 is 0. The maximum absolute atomic E-state index is 11.9. The first kappa shape index (κ1) is 16.8. The Kier molecular flexibility index (Phi) is 6.46. The maximum atomic E-state index is 11.9. The molecule has 0 N–H and O–H groups in total. The zero-order valence-corrected chi connectivity index (χ0v) is 12.5. The number of esters is 2. The predicted octanol–water partition coefficient (Wildman–Crippen LogP) is 2.68. The molecule has 1 aromatic heterocycles. The second-order valence-corrected chi connectivity index (χ2v) is 4.63. The van der Waals surface area contributed by atoms with Crippen molar-refractivity contribution in [1.29, 1.82) is 0 Å². The van der Waals surface area contributed by atoms with Crippen LogP contribution in [0.2, 0.25) is 0 Å². The molecule has 0 aromatic carbocycles. The molecule has 5 heteroatoms. The van der Waals surface area contributed by atoms with E-state index in [0.29, 0.717) is 12.8 Å². The van der Waals surface area contributed by atoms with E-state index in [1.54, 1.807) is 19.3 Å². The fourth-order valence-corrected chi connectivity index (χ4v) is 2.01. The highest BCUT2D eigenvalue weighted by Crippen LogP contribution is 2.26. The molecule has 1 atom stereocenters. The summed E-state index contributed by atoms with van der Waals surface area (Å²) in [7, 11) is 2.53. The zero-order chi connectivity index (χ0) is 15.8. The molecular weight excluding hydrogens is 272 g/mol. The van der Waals surface area contributed by atoms with E-state index in [1.165, 1.54) is 14.2 Å². The van der Waals surface area contributed by atoms with Crippen molar-refractivity contribution < 1.29 is 23.5 Å². The molecule has 0 aliphatic carbocycles. The molecule has 0 fully saturated rings. The van der Waals surface area contributed by atoms with Crippen LogP contribution in [0.3, 0.4) is 0 Å². The van der Waals surface area contributed by atoms with Gasteiger partial charge in [0, 0.05) is 18.4 Å². The number of hydrogen-bond acceptors (Lipinski definition) is 5. The van der Waals surface area contributed by atoms with E-state index in [2.05, 4.69) is 11.3 Å². The number of furan rings is 1. The Morgan fingerprint density at radius 1 is 1.38 bits per heavy atom. The highest BCUT2D eigenvalue weighted by Gasteiger charge is 2.24. The van der Waals surface area contributed by atoms with Crippen molar-refractivity contribution in [3.8, 4) is 0 Å². The molecule has 0 bridgehead atoms. The molecule has 0 aliphatic rings. The highest BCUT2D eigenvalue weighted by molar-refractivity contribution is 5.97. The third-order valence-corrected chi connectivity index (χ3v) is 3.13. The van der Waals surface area contributed by atoms with Gasteiger partial charge in [0.25, 0.3) is 0 Å². The van der Waals surface area contributed by atoms with Crippen LogP contribution in [0.25, 0.3) is 0 Å². The van der Waals surface area contributed by atoms with Gasteiger partial charge in [-0.15, -0.1) is 0 Å². The molecule has 114 valence electrons. The fraction of sp³-hybridized carbons (Fsp3) is 0.375. The summed E-state index contributed by atoms with van der Waals surface area (Å²) in [6.07, 6.45) is 3.96. The molecule has 0 saturated carbocycles. The molecule has 1 rings (SSSR count). The Morgan fingerprint density at radius 3 is 2.57 bits per heavy atom. The van der Waals surface area contributed by atoms with E-state index < -0.39 is 11.9 Å². The van der Waals surface area contributed by atoms with Crippen LogP contribution < -0.4 is 0 Å². The van der Waals surface area contributed by atoms with Gasteiger partial charge in [-0.1, -0.05) is 12.2 Å². The standard InChI is InChI=1S/C16H20O5/c1-11(2)13(8-7-12-6-5-9-21-12)14(16(18)20-4)10-15(17)19-3/h5-6,9-10,13H,1,7-8H2,2-4H3/b14-10-. The molecule has 1 unspecified atom stereocenters. The quantitative estimate of drug-likeness (QED) is 0.439. The smallest absolute Gasteiger partial charge is 0.334 e. The van der Waals surface area contributed by atoms with E-state index in [4.69, 9.17) is 9.15 Å². The van der Waals surface area contributed by atoms with E-state index >= 15 is 0 Å². The van der Waals surface area contributed by atoms with Gasteiger partial charge in [-0.25, -0.2) is 9.59 Å². The van der Waals surface area contributed by atoms with E-state index in [9.17, 15) is 9.59 Å². The summed E-state index contributed by atoms with van der Waals surface area (Å²) in [6.45, 7) is 5.70. The number of ether oxygens (including phenoxy) is 2. The van der Waals surface area contributed by atoms with Crippen LogP contribution in [0.1, 0.15) is 19.1 Å². The van der Waals surface area contributed by atoms with Crippen molar-refractivity contribution in [3.63, 3.8) is 0 Å². The average molecular weight is 292 g/mol. The molecule has 1 aromatic rings. The number of methoxy groups -OCH3 is 2. The van der Waals surface area contributed by atoms with Crippen molar-refractivity contribution in [3.05, 3.63) is 48.0 Å². The number of carbonyl (C=O) groups is 2. The van der Waals surface area contributed by atoms with Gasteiger partial charge in [0.15, 0.2) is 0 Å². The Labute approximate surface area is 124 Å². The minimum Gasteiger partial charge on any atom is -0.469 e. The molecule has 1 heterocycles. The van der Waals surface area contributed by atoms with Crippen LogP contribution in [0, 0.1) is 5.92 Å². The minimum atomic E-state index is -0.598. The van der Waals surface area contributed by atoms with Gasteiger partial charge in [0.05, 0.1) is 26.1 Å². The van der Waals surface area contributed by atoms with Crippen molar-refractivity contribution >= 4 is 11.9 Å². The van der Waals surface area contributed by atoms with Gasteiger partial charge in [-0.3, -0.25) is 0 Å². The average Bonchev–Trinajstić information content (AvgIpc) is 2.98. The lowest BCUT2D eigenvalue weighted by Gasteiger charge is -2.18. The van der Waals surface area contributed by atoms with Crippen LogP contribution in [0.15, 0.2) is 46.6 Å². The van der Waals surface area contributed by atoms with Gasteiger partial charge in [0.2, 0.25) is 0 Å². The van der Waals surface area contributed by atoms with Crippen LogP contribution in [0.5, 0.6) is 0 Å². The zero-order valence-electron chi connectivity index (χ0n) is 12.5. The summed E-state index contributed by atoms with van der Waals surface area (Å²) in [5.74, 6) is -0.655. The SMILES string of the molecule is C=C(C)C(CCc1ccco1)/C(=C/C(=O)OC)C(=O)OC. The van der Waals surface area contributed by atoms with Crippen LogP contribution >= 0.6 is 0 Å². The van der Waals surface area contributed by atoms with Gasteiger partial charge in [-0.2, -0.15) is 0 Å². The first-order chi connectivity index (χ1) is 9.99. The lowest BCUT2D eigenvalue weighted by molar-refractivity contribution is -0.138. The number of allylic oxidation sites excluding steroid dienone is 1. The summed E-state index contributed by atoms with van der Waals surface area (Å²) in [5.41, 5.74) is 1.01. The molecule has 0 radical (unpaired) electrons. The van der Waals surface area contributed by atoms with Crippen LogP contribution in [-0.4, -0.2) is 26.2 Å². The molecule has 5 nitrogen and oxygen atoms in total. The Bertz CT molecular complexity index is 525. The minimum absolute atomic E-state index is 0.239. The second-order valence-electron chi connectivity index (χ2n) is 4.63. The lowest BCUT2D eigenvalue weighted by atomic mass is 9.87. The van der Waals surface area contributed by atoms with Gasteiger partial charge >= 0.3 is 11.9 Å². The Morgan fingerprint density at radius 2 is 2.10 bits per heavy atom. The number of aryl methyl sites for hydroxylation is 1. The molecular formula is C16H20O5. The number of hydrogen-bond donors (Lipinski definition) is 0. The lowest BCUT2D eigenvalue weighted by Crippen LogP contribution is -2.18. The summed E-state index contributed by atoms with van der Waals surface area (Å²) in [6, 6.07) is 3.66. The van der Waals surface area contributed by atoms with Crippen LogP contribution in [-0.2, 0) is 25.5 Å². The third-order valence-electron chi connectivity index (χ3n) is 3.13. The first-order valence-corrected chi connectivity index (χ1v) is 6.55. The molecule has 0 amide bonds. The summed E-state index contributed by atoms with van der Waals surface area (Å²) in [4.78, 5) is 23.4. The predicted molar refractivity (Wildman–Crippen MR) is 77.4 cm³/mol. The highest BCUT2D eigenvalue weighted by atomic mass is 16.5. The van der Waals surface area contributed by atoms with Gasteiger partial charge in [-0.05, 0) is 25.5 Å². The van der Waals surface area contributed by atoms with Crippen molar-refractivity contribution in [1.82, 2.24) is 0 Å². The Balaban J connectivity index is 2.96. The molecule has 0 aliphatic heterocycles. The molecule has 0 saturated heterocycles. The topological polar surface area (TPSA) is 65.7 Å². The third kappa shape index (κ3) is 4.95. The van der Waals surface area contributed by atoms with E-state index in [1.807, 2.05) is 6.07 Å². The largest absolute Gasteiger partial charge is 0.469 e. The maximum Gasteiger partial charge on any atom is 0.334 e. The van der Waals surface area contributed by atoms with E-state index in [0.717, 1.165) is 17.4 Å². The molecule has 21 heavy (non-hydrogen) atoms. The fourth-order valence-electron chi connectivity index (χ4n) is 2.01. The summed E-state index contributed by atoms with van der Waals surface area (Å²) in [5, 5.41) is 0. The number of rotatable bonds is 7. The Hall–Kier alpha value is -2.30. The number of carbonyl (C=O) groups excluding carboxylic acids is 2.